The van der Waals surface area contributed by atoms with Crippen molar-refractivity contribution in [3.05, 3.63) is 46.6 Å². The number of amides is 1. The molecule has 1 amide bonds. The van der Waals surface area contributed by atoms with E-state index in [0.29, 0.717) is 0 Å². The van der Waals surface area contributed by atoms with Crippen molar-refractivity contribution in [3.63, 3.8) is 0 Å². The number of para-hydroxylation sites is 1. The van der Waals surface area contributed by atoms with E-state index in [4.69, 9.17) is 4.98 Å². The average Bonchev–Trinajstić information content (AvgIpc) is 3.40. The molecule has 0 aliphatic heterocycles. The molecule has 0 saturated carbocycles. The minimum absolute atomic E-state index is 0.0588. The second kappa shape index (κ2) is 7.18. The van der Waals surface area contributed by atoms with Crippen LogP contribution >= 0.6 is 23.1 Å². The van der Waals surface area contributed by atoms with Crippen molar-refractivity contribution in [1.29, 1.82) is 0 Å². The third-order valence-corrected chi connectivity index (χ3v) is 7.07. The first-order chi connectivity index (χ1) is 13.7. The predicted molar refractivity (Wildman–Crippen MR) is 113 cm³/mol. The Morgan fingerprint density at radius 3 is 2.93 bits per heavy atom. The van der Waals surface area contributed by atoms with Crippen molar-refractivity contribution >= 4 is 50.6 Å². The highest BCUT2D eigenvalue weighted by Crippen LogP contribution is 2.39. The van der Waals surface area contributed by atoms with E-state index in [0.717, 1.165) is 51.8 Å². The Labute approximate surface area is 170 Å². The molecule has 3 heterocycles. The number of rotatable bonds is 5. The lowest BCUT2D eigenvalue weighted by Crippen LogP contribution is -2.14. The number of aromatic nitrogens is 4. The van der Waals surface area contributed by atoms with Crippen LogP contribution in [-0.4, -0.2) is 31.2 Å². The third kappa shape index (κ3) is 2.97. The number of nitrogens with zero attached hydrogens (tertiary/aromatic N) is 4. The van der Waals surface area contributed by atoms with Crippen LogP contribution in [0.5, 0.6) is 0 Å². The van der Waals surface area contributed by atoms with Gasteiger partial charge in [-0.25, -0.2) is 4.98 Å². The molecule has 1 aliphatic carbocycles. The topological polar surface area (TPSA) is 72.2 Å². The van der Waals surface area contributed by atoms with Crippen molar-refractivity contribution in [2.45, 2.75) is 37.8 Å². The van der Waals surface area contributed by atoms with E-state index in [1.807, 2.05) is 34.7 Å². The van der Waals surface area contributed by atoms with E-state index in [9.17, 15) is 4.79 Å². The molecule has 1 aromatic carbocycles. The van der Waals surface area contributed by atoms with Crippen molar-refractivity contribution in [1.82, 2.24) is 19.6 Å². The zero-order valence-corrected chi connectivity index (χ0v) is 17.1. The van der Waals surface area contributed by atoms with Gasteiger partial charge in [-0.15, -0.1) is 21.5 Å². The van der Waals surface area contributed by atoms with Gasteiger partial charge in [0, 0.05) is 17.0 Å². The standard InChI is InChI=1S/C20H19N5OS2/c1-2-15-22-19-17(13-9-6-10-14(13)28-19)18-23-24-20(25(15)18)27-11-16(26)21-12-7-4-3-5-8-12/h3-5,7-8H,2,6,9-11H2,1H3,(H,21,26). The number of carbonyl (C=O) groups is 1. The third-order valence-electron chi connectivity index (χ3n) is 4.95. The monoisotopic (exact) mass is 409 g/mol. The van der Waals surface area contributed by atoms with E-state index in [1.165, 1.54) is 28.6 Å². The summed E-state index contributed by atoms with van der Waals surface area (Å²) in [6, 6.07) is 9.48. The number of thioether (sulfide) groups is 1. The Kier molecular flexibility index (Phi) is 4.52. The molecular formula is C20H19N5OS2. The first-order valence-electron chi connectivity index (χ1n) is 9.40. The smallest absolute Gasteiger partial charge is 0.234 e. The summed E-state index contributed by atoms with van der Waals surface area (Å²) in [4.78, 5) is 19.7. The number of benzene rings is 1. The highest BCUT2D eigenvalue weighted by molar-refractivity contribution is 7.99. The number of carbonyl (C=O) groups excluding carboxylic acids is 1. The summed E-state index contributed by atoms with van der Waals surface area (Å²) >= 11 is 3.19. The lowest BCUT2D eigenvalue weighted by Gasteiger charge is -2.07. The lowest BCUT2D eigenvalue weighted by molar-refractivity contribution is -0.113. The van der Waals surface area contributed by atoms with Gasteiger partial charge >= 0.3 is 0 Å². The van der Waals surface area contributed by atoms with Crippen molar-refractivity contribution in [2.24, 2.45) is 0 Å². The number of hydrogen-bond donors (Lipinski definition) is 1. The van der Waals surface area contributed by atoms with Gasteiger partial charge in [0.2, 0.25) is 5.91 Å². The molecule has 1 N–H and O–H groups in total. The maximum Gasteiger partial charge on any atom is 0.234 e. The van der Waals surface area contributed by atoms with Crippen LogP contribution in [0.15, 0.2) is 35.5 Å². The molecule has 0 unspecified atom stereocenters. The first-order valence-corrected chi connectivity index (χ1v) is 11.2. The number of thiophene rings is 1. The van der Waals surface area contributed by atoms with Crippen molar-refractivity contribution in [2.75, 3.05) is 11.1 Å². The molecule has 4 aromatic rings. The van der Waals surface area contributed by atoms with E-state index in [1.54, 1.807) is 11.3 Å². The van der Waals surface area contributed by atoms with Crippen LogP contribution in [0.4, 0.5) is 5.69 Å². The fraction of sp³-hybridized carbons (Fsp3) is 0.300. The average molecular weight is 410 g/mol. The molecule has 1 aliphatic rings. The molecule has 28 heavy (non-hydrogen) atoms. The summed E-state index contributed by atoms with van der Waals surface area (Å²) in [7, 11) is 0. The summed E-state index contributed by atoms with van der Waals surface area (Å²) in [5, 5.41) is 13.7. The summed E-state index contributed by atoms with van der Waals surface area (Å²) < 4.78 is 2.04. The fourth-order valence-electron chi connectivity index (χ4n) is 3.71. The molecule has 0 atom stereocenters. The number of aryl methyl sites for hydroxylation is 3. The van der Waals surface area contributed by atoms with Crippen LogP contribution in [0.1, 0.15) is 29.6 Å². The molecule has 0 bridgehead atoms. The normalized spacial score (nSPS) is 13.3. The van der Waals surface area contributed by atoms with Crippen LogP contribution < -0.4 is 5.32 Å². The molecule has 6 nitrogen and oxygen atoms in total. The van der Waals surface area contributed by atoms with Crippen LogP contribution in [0.2, 0.25) is 0 Å². The molecule has 5 rings (SSSR count). The minimum Gasteiger partial charge on any atom is -0.325 e. The number of nitrogens with one attached hydrogen (secondary N) is 1. The quantitative estimate of drug-likeness (QED) is 0.502. The zero-order valence-electron chi connectivity index (χ0n) is 15.4. The molecule has 0 saturated heterocycles. The highest BCUT2D eigenvalue weighted by Gasteiger charge is 2.24. The lowest BCUT2D eigenvalue weighted by atomic mass is 10.2. The molecule has 0 spiro atoms. The molecule has 8 heteroatoms. The van der Waals surface area contributed by atoms with Gasteiger partial charge in [0.15, 0.2) is 10.8 Å². The number of fused-ring (bicyclic) bond motifs is 5. The second-order valence-corrected chi connectivity index (χ2v) is 8.79. The molecule has 3 aromatic heterocycles. The molecule has 0 radical (unpaired) electrons. The van der Waals surface area contributed by atoms with Crippen LogP contribution in [0.25, 0.3) is 15.9 Å². The predicted octanol–water partition coefficient (Wildman–Crippen LogP) is 4.12. The molecule has 142 valence electrons. The maximum absolute atomic E-state index is 12.3. The van der Waals surface area contributed by atoms with Gasteiger partial charge in [-0.05, 0) is 37.0 Å². The van der Waals surface area contributed by atoms with Crippen LogP contribution in [0.3, 0.4) is 0 Å². The largest absolute Gasteiger partial charge is 0.325 e. The van der Waals surface area contributed by atoms with Gasteiger partial charge < -0.3 is 5.32 Å². The van der Waals surface area contributed by atoms with Gasteiger partial charge in [0.05, 0.1) is 11.1 Å². The highest BCUT2D eigenvalue weighted by atomic mass is 32.2. The Bertz CT molecular complexity index is 1180. The summed E-state index contributed by atoms with van der Waals surface area (Å²) in [6.45, 7) is 2.09. The van der Waals surface area contributed by atoms with Gasteiger partial charge in [-0.2, -0.15) is 0 Å². The van der Waals surface area contributed by atoms with E-state index in [-0.39, 0.29) is 11.7 Å². The Hall–Kier alpha value is -2.45. The molecule has 0 fully saturated rings. The molecular weight excluding hydrogens is 390 g/mol. The van der Waals surface area contributed by atoms with Crippen LogP contribution in [0, 0.1) is 0 Å². The Balaban J connectivity index is 1.47. The van der Waals surface area contributed by atoms with Crippen molar-refractivity contribution in [3.8, 4) is 0 Å². The maximum atomic E-state index is 12.3. The first kappa shape index (κ1) is 17.6. The minimum atomic E-state index is -0.0588. The number of anilines is 1. The van der Waals surface area contributed by atoms with Gasteiger partial charge in [0.25, 0.3) is 0 Å². The SMILES string of the molecule is CCc1nc2sc3c(c2c2nnc(SCC(=O)Nc4ccccc4)n12)CCC3. The van der Waals surface area contributed by atoms with E-state index >= 15 is 0 Å². The summed E-state index contributed by atoms with van der Waals surface area (Å²) in [5.74, 6) is 1.16. The van der Waals surface area contributed by atoms with Crippen LogP contribution in [-0.2, 0) is 24.1 Å². The van der Waals surface area contributed by atoms with E-state index < -0.39 is 0 Å². The fourth-order valence-corrected chi connectivity index (χ4v) is 5.74. The van der Waals surface area contributed by atoms with Crippen molar-refractivity contribution < 1.29 is 4.79 Å². The van der Waals surface area contributed by atoms with Gasteiger partial charge in [-0.1, -0.05) is 36.9 Å². The second-order valence-electron chi connectivity index (χ2n) is 6.76. The van der Waals surface area contributed by atoms with Gasteiger partial charge in [-0.3, -0.25) is 9.20 Å². The summed E-state index contributed by atoms with van der Waals surface area (Å²) in [5.41, 5.74) is 3.07. The van der Waals surface area contributed by atoms with Gasteiger partial charge in [0.1, 0.15) is 10.7 Å². The zero-order chi connectivity index (χ0) is 19.1. The Morgan fingerprint density at radius 2 is 2.11 bits per heavy atom. The number of hydrogen-bond acceptors (Lipinski definition) is 6. The van der Waals surface area contributed by atoms with E-state index in [2.05, 4.69) is 22.4 Å². The Morgan fingerprint density at radius 1 is 1.25 bits per heavy atom. The summed E-state index contributed by atoms with van der Waals surface area (Å²) in [6.07, 6.45) is 4.22.